The minimum atomic E-state index is -1.89. The van der Waals surface area contributed by atoms with E-state index in [1.807, 2.05) is 0 Å². The fraction of sp³-hybridized carbons (Fsp3) is 0.929. The van der Waals surface area contributed by atoms with Crippen molar-refractivity contribution in [2.45, 2.75) is 61.4 Å². The first-order chi connectivity index (χ1) is 12.7. The van der Waals surface area contributed by atoms with Crippen molar-refractivity contribution in [2.75, 3.05) is 19.8 Å². The second-order valence-electron chi connectivity index (χ2n) is 6.20. The standard InChI is InChI=1S/C14H25NO12/c15-1-2-24-13-9(21)10(8(20)11(27-13)12(22)23)26-14-7(19)6(18)5(17)4(3-16)25-14/h4-11,13-14,16-21H,1-3,15H2,(H,22,23)/t4-,5-,6+,7-,8+,9-,10+,11+,13-,14+/m1/s1. The van der Waals surface area contributed by atoms with Gasteiger partial charge in [-0.05, 0) is 0 Å². The van der Waals surface area contributed by atoms with Gasteiger partial charge in [0, 0.05) is 6.54 Å². The van der Waals surface area contributed by atoms with Gasteiger partial charge in [0.15, 0.2) is 18.7 Å². The van der Waals surface area contributed by atoms with Gasteiger partial charge in [-0.25, -0.2) is 4.79 Å². The van der Waals surface area contributed by atoms with Crippen LogP contribution < -0.4 is 5.73 Å². The number of nitrogens with two attached hydrogens (primary N) is 1. The molecule has 2 saturated heterocycles. The zero-order valence-electron chi connectivity index (χ0n) is 14.1. The van der Waals surface area contributed by atoms with Crippen LogP contribution in [-0.2, 0) is 23.7 Å². The van der Waals surface area contributed by atoms with Crippen molar-refractivity contribution in [3.8, 4) is 0 Å². The lowest BCUT2D eigenvalue weighted by molar-refractivity contribution is -0.356. The largest absolute Gasteiger partial charge is 0.479 e. The van der Waals surface area contributed by atoms with Gasteiger partial charge in [0.1, 0.15) is 42.7 Å². The molecule has 0 radical (unpaired) electrons. The topological polar surface area (TPSA) is 222 Å². The Hall–Kier alpha value is -0.970. The first kappa shape index (κ1) is 22.3. The zero-order chi connectivity index (χ0) is 20.3. The number of rotatable bonds is 7. The molecule has 2 fully saturated rings. The summed E-state index contributed by atoms with van der Waals surface area (Å²) in [5.41, 5.74) is 5.29. The molecule has 2 aliphatic heterocycles. The van der Waals surface area contributed by atoms with Gasteiger partial charge in [0.25, 0.3) is 0 Å². The van der Waals surface area contributed by atoms with E-state index in [0.29, 0.717) is 0 Å². The highest BCUT2D eigenvalue weighted by molar-refractivity contribution is 5.73. The minimum Gasteiger partial charge on any atom is -0.479 e. The number of hydrogen-bond acceptors (Lipinski definition) is 12. The number of carbonyl (C=O) groups is 1. The van der Waals surface area contributed by atoms with E-state index in [1.54, 1.807) is 0 Å². The summed E-state index contributed by atoms with van der Waals surface area (Å²) in [4.78, 5) is 11.3. The van der Waals surface area contributed by atoms with Gasteiger partial charge in [-0.1, -0.05) is 0 Å². The van der Waals surface area contributed by atoms with E-state index in [-0.39, 0.29) is 13.2 Å². The first-order valence-electron chi connectivity index (χ1n) is 8.25. The third kappa shape index (κ3) is 4.72. The number of aliphatic carboxylic acids is 1. The predicted octanol–water partition coefficient (Wildman–Crippen LogP) is -5.32. The Bertz CT molecular complexity index is 493. The first-order valence-corrected chi connectivity index (χ1v) is 8.25. The number of aliphatic hydroxyl groups excluding tert-OH is 6. The van der Waals surface area contributed by atoms with Crippen molar-refractivity contribution in [1.29, 1.82) is 0 Å². The molecule has 13 heteroatoms. The Kier molecular flexibility index (Phi) is 7.84. The molecule has 27 heavy (non-hydrogen) atoms. The molecule has 2 rings (SSSR count). The molecule has 0 aromatic heterocycles. The molecule has 2 heterocycles. The molecule has 10 atom stereocenters. The molecule has 158 valence electrons. The molecular formula is C14H25NO12. The summed E-state index contributed by atoms with van der Waals surface area (Å²) in [6.07, 6.45) is -16.8. The maximum absolute atomic E-state index is 11.3. The second-order valence-corrected chi connectivity index (χ2v) is 6.20. The van der Waals surface area contributed by atoms with Gasteiger partial charge in [-0.3, -0.25) is 0 Å². The molecule has 0 aromatic rings. The van der Waals surface area contributed by atoms with Crippen LogP contribution in [0.5, 0.6) is 0 Å². The number of ether oxygens (including phenoxy) is 4. The summed E-state index contributed by atoms with van der Waals surface area (Å²) in [5.74, 6) is -1.56. The maximum atomic E-state index is 11.3. The molecule has 0 unspecified atom stereocenters. The molecule has 2 aliphatic rings. The third-order valence-corrected chi connectivity index (χ3v) is 4.33. The van der Waals surface area contributed by atoms with E-state index in [1.165, 1.54) is 0 Å². The minimum absolute atomic E-state index is 0.0467. The Labute approximate surface area is 153 Å². The summed E-state index contributed by atoms with van der Waals surface area (Å²) < 4.78 is 20.6. The van der Waals surface area contributed by atoms with Crippen molar-refractivity contribution in [1.82, 2.24) is 0 Å². The third-order valence-electron chi connectivity index (χ3n) is 4.33. The van der Waals surface area contributed by atoms with Crippen molar-refractivity contribution >= 4 is 5.97 Å². The van der Waals surface area contributed by atoms with Crippen LogP contribution in [-0.4, -0.2) is 123 Å². The SMILES string of the molecule is NCCO[C@@H]1O[C@H](C(=O)O)[C@@H](O)[C@H](O[C@@H]2O[C@H](CO)[C@@H](O)[C@H](O)[C@H]2O)[C@H]1O. The summed E-state index contributed by atoms with van der Waals surface area (Å²) in [6, 6.07) is 0. The number of carboxylic acids is 1. The van der Waals surface area contributed by atoms with Crippen molar-refractivity contribution in [3.63, 3.8) is 0 Å². The average molecular weight is 399 g/mol. The van der Waals surface area contributed by atoms with E-state index in [0.717, 1.165) is 0 Å². The van der Waals surface area contributed by atoms with Crippen LogP contribution in [0.1, 0.15) is 0 Å². The molecule has 0 aromatic carbocycles. The molecular weight excluding hydrogens is 374 g/mol. The van der Waals surface area contributed by atoms with E-state index in [9.17, 15) is 40.5 Å². The highest BCUT2D eigenvalue weighted by Gasteiger charge is 2.52. The van der Waals surface area contributed by atoms with Crippen LogP contribution in [0.15, 0.2) is 0 Å². The van der Waals surface area contributed by atoms with E-state index in [4.69, 9.17) is 24.7 Å². The van der Waals surface area contributed by atoms with E-state index < -0.39 is 74.0 Å². The molecule has 0 amide bonds. The summed E-state index contributed by atoms with van der Waals surface area (Å²) >= 11 is 0. The summed E-state index contributed by atoms with van der Waals surface area (Å²) in [5, 5.41) is 68.4. The highest BCUT2D eigenvalue weighted by Crippen LogP contribution is 2.29. The van der Waals surface area contributed by atoms with Crippen LogP contribution in [0.25, 0.3) is 0 Å². The molecule has 0 bridgehead atoms. The number of aliphatic hydroxyl groups is 6. The normalized spacial score (nSPS) is 45.6. The molecule has 9 N–H and O–H groups in total. The Morgan fingerprint density at radius 2 is 1.59 bits per heavy atom. The van der Waals surface area contributed by atoms with E-state index in [2.05, 4.69) is 0 Å². The van der Waals surface area contributed by atoms with Gasteiger partial charge in [-0.2, -0.15) is 0 Å². The van der Waals surface area contributed by atoms with Crippen LogP contribution >= 0.6 is 0 Å². The lowest BCUT2D eigenvalue weighted by atomic mass is 9.97. The van der Waals surface area contributed by atoms with Gasteiger partial charge in [0.2, 0.25) is 0 Å². The predicted molar refractivity (Wildman–Crippen MR) is 82.0 cm³/mol. The van der Waals surface area contributed by atoms with Crippen LogP contribution in [0, 0.1) is 0 Å². The van der Waals surface area contributed by atoms with Gasteiger partial charge in [-0.15, -0.1) is 0 Å². The van der Waals surface area contributed by atoms with Crippen LogP contribution in [0.3, 0.4) is 0 Å². The zero-order valence-corrected chi connectivity index (χ0v) is 14.1. The quantitative estimate of drug-likeness (QED) is 0.200. The fourth-order valence-corrected chi connectivity index (χ4v) is 2.86. The lowest BCUT2D eigenvalue weighted by Gasteiger charge is -2.45. The van der Waals surface area contributed by atoms with E-state index >= 15 is 0 Å². The van der Waals surface area contributed by atoms with Crippen molar-refractivity contribution in [2.24, 2.45) is 5.73 Å². The van der Waals surface area contributed by atoms with Crippen LogP contribution in [0.2, 0.25) is 0 Å². The summed E-state index contributed by atoms with van der Waals surface area (Å²) in [7, 11) is 0. The fourth-order valence-electron chi connectivity index (χ4n) is 2.86. The Balaban J connectivity index is 2.18. The monoisotopic (exact) mass is 399 g/mol. The second kappa shape index (κ2) is 9.49. The maximum Gasteiger partial charge on any atom is 0.335 e. The number of carboxylic acid groups (broad SMARTS) is 1. The van der Waals surface area contributed by atoms with Crippen molar-refractivity contribution in [3.05, 3.63) is 0 Å². The molecule has 13 nitrogen and oxygen atoms in total. The number of hydrogen-bond donors (Lipinski definition) is 8. The lowest BCUT2D eigenvalue weighted by Crippen LogP contribution is -2.65. The van der Waals surface area contributed by atoms with Gasteiger partial charge in [0.05, 0.1) is 13.2 Å². The van der Waals surface area contributed by atoms with Crippen molar-refractivity contribution < 1.29 is 59.5 Å². The van der Waals surface area contributed by atoms with Gasteiger partial charge >= 0.3 is 5.97 Å². The molecule has 0 spiro atoms. The van der Waals surface area contributed by atoms with Gasteiger partial charge < -0.3 is 60.4 Å². The Morgan fingerprint density at radius 3 is 2.15 bits per heavy atom. The van der Waals surface area contributed by atoms with Crippen LogP contribution in [0.4, 0.5) is 0 Å². The molecule has 0 aliphatic carbocycles. The smallest absolute Gasteiger partial charge is 0.335 e. The summed E-state index contributed by atoms with van der Waals surface area (Å²) in [6.45, 7) is -0.758. The Morgan fingerprint density at radius 1 is 0.926 bits per heavy atom. The molecule has 0 saturated carbocycles. The average Bonchev–Trinajstić information content (AvgIpc) is 2.64. The highest BCUT2D eigenvalue weighted by atomic mass is 16.7.